The maximum Gasteiger partial charge on any atom is 0.234 e. The summed E-state index contributed by atoms with van der Waals surface area (Å²) < 4.78 is 0. The van der Waals surface area contributed by atoms with Gasteiger partial charge in [-0.1, -0.05) is 77.6 Å². The van der Waals surface area contributed by atoms with Gasteiger partial charge >= 0.3 is 0 Å². The first kappa shape index (κ1) is 32.2. The Kier molecular flexibility index (Phi) is 20.0. The fourth-order valence-corrected chi connectivity index (χ4v) is 4.47. The number of amidine groups is 1. The largest absolute Gasteiger partial charge is 0.368 e. The maximum atomic E-state index is 12.0. The van der Waals surface area contributed by atoms with Crippen LogP contribution in [0.25, 0.3) is 0 Å². The highest BCUT2D eigenvalue weighted by atomic mass is 16.2. The van der Waals surface area contributed by atoms with Crippen molar-refractivity contribution in [1.29, 1.82) is 0 Å². The Morgan fingerprint density at radius 2 is 1.44 bits per heavy atom. The number of amides is 2. The van der Waals surface area contributed by atoms with Gasteiger partial charge in [0, 0.05) is 26.4 Å². The first-order valence-corrected chi connectivity index (χ1v) is 14.6. The molecule has 36 heavy (non-hydrogen) atoms. The van der Waals surface area contributed by atoms with Crippen LogP contribution in [0.4, 0.5) is 0 Å². The van der Waals surface area contributed by atoms with E-state index >= 15 is 0 Å². The molecule has 0 aromatic rings. The van der Waals surface area contributed by atoms with E-state index in [9.17, 15) is 9.59 Å². The summed E-state index contributed by atoms with van der Waals surface area (Å²) in [5.74, 6) is 0.906. The zero-order chi connectivity index (χ0) is 26.3. The second-order valence-electron chi connectivity index (χ2n) is 10.2. The Labute approximate surface area is 220 Å². The summed E-state index contributed by atoms with van der Waals surface area (Å²) in [5.41, 5.74) is 11.5. The lowest BCUT2D eigenvalue weighted by atomic mass is 10.0. The Bertz CT molecular complexity index is 601. The number of rotatable bonds is 25. The summed E-state index contributed by atoms with van der Waals surface area (Å²) in [4.78, 5) is 23.4. The van der Waals surface area contributed by atoms with Crippen LogP contribution >= 0.6 is 0 Å². The number of hydrazine groups is 2. The SMILES string of the molecule is CCCN[C@@H](CCCCNC(=O)CCCCCCCCCCCCCCCC1=NNN(C)N1)C(N)=O. The van der Waals surface area contributed by atoms with Crippen molar-refractivity contribution in [2.75, 3.05) is 20.1 Å². The van der Waals surface area contributed by atoms with Gasteiger partial charge in [0.15, 0.2) is 0 Å². The molecule has 9 heteroatoms. The zero-order valence-electron chi connectivity index (χ0n) is 23.2. The molecule has 0 aromatic heterocycles. The molecule has 210 valence electrons. The topological polar surface area (TPSA) is 124 Å². The molecule has 0 aromatic carbocycles. The molecule has 6 N–H and O–H groups in total. The Morgan fingerprint density at radius 3 is 1.97 bits per heavy atom. The average Bonchev–Trinajstić information content (AvgIpc) is 3.27. The van der Waals surface area contributed by atoms with Crippen LogP contribution in [-0.4, -0.2) is 48.9 Å². The van der Waals surface area contributed by atoms with Gasteiger partial charge < -0.3 is 16.4 Å². The molecule has 1 aliphatic heterocycles. The number of unbranched alkanes of at least 4 members (excludes halogenated alkanes) is 13. The van der Waals surface area contributed by atoms with Gasteiger partial charge in [-0.25, -0.2) is 5.53 Å². The second-order valence-corrected chi connectivity index (χ2v) is 10.2. The van der Waals surface area contributed by atoms with Gasteiger partial charge in [-0.15, -0.1) is 10.2 Å². The van der Waals surface area contributed by atoms with E-state index in [2.05, 4.69) is 33.6 Å². The lowest BCUT2D eigenvalue weighted by Gasteiger charge is -2.14. The van der Waals surface area contributed by atoms with E-state index in [0.717, 1.165) is 57.3 Å². The van der Waals surface area contributed by atoms with Crippen molar-refractivity contribution >= 4 is 17.6 Å². The first-order valence-electron chi connectivity index (χ1n) is 14.6. The highest BCUT2D eigenvalue weighted by molar-refractivity contribution is 5.82. The Morgan fingerprint density at radius 1 is 0.861 bits per heavy atom. The van der Waals surface area contributed by atoms with Crippen LogP contribution in [0.3, 0.4) is 0 Å². The van der Waals surface area contributed by atoms with Crippen molar-refractivity contribution in [3.05, 3.63) is 0 Å². The highest BCUT2D eigenvalue weighted by Crippen LogP contribution is 2.13. The number of hydrazone groups is 1. The molecule has 1 aliphatic rings. The molecular formula is C27H55N7O2. The predicted octanol–water partition coefficient (Wildman–Crippen LogP) is 4.25. The summed E-state index contributed by atoms with van der Waals surface area (Å²) in [5, 5.41) is 12.2. The second kappa shape index (κ2) is 22.3. The standard InChI is InChI=1S/C27H55N7O2/c1-3-22-29-24(27(28)36)19-17-18-23-30-26(35)21-16-14-12-10-8-6-4-5-7-9-11-13-15-20-25-31-33-34(2)32-25/h24,29,33H,3-23H2,1-2H3,(H2,28,36)(H,30,35)(H,31,32)/t24-/m0/s1. The first-order chi connectivity index (χ1) is 17.5. The number of primary amides is 1. The summed E-state index contributed by atoms with van der Waals surface area (Å²) in [6.45, 7) is 3.55. The van der Waals surface area contributed by atoms with Crippen LogP contribution in [-0.2, 0) is 9.59 Å². The molecule has 0 spiro atoms. The van der Waals surface area contributed by atoms with Gasteiger partial charge in [0.25, 0.3) is 0 Å². The number of nitrogens with two attached hydrogens (primary N) is 1. The molecule has 0 unspecified atom stereocenters. The summed E-state index contributed by atoms with van der Waals surface area (Å²) in [7, 11) is 1.92. The predicted molar refractivity (Wildman–Crippen MR) is 149 cm³/mol. The van der Waals surface area contributed by atoms with Gasteiger partial charge in [0.1, 0.15) is 5.84 Å². The minimum absolute atomic E-state index is 0.152. The van der Waals surface area contributed by atoms with Crippen molar-refractivity contribution in [2.24, 2.45) is 10.8 Å². The molecule has 0 saturated heterocycles. The fourth-order valence-electron chi connectivity index (χ4n) is 4.47. The third-order valence-corrected chi connectivity index (χ3v) is 6.68. The molecule has 0 fully saturated rings. The van der Waals surface area contributed by atoms with Gasteiger partial charge in [-0.3, -0.25) is 15.0 Å². The van der Waals surface area contributed by atoms with Crippen molar-refractivity contribution in [2.45, 2.75) is 135 Å². The van der Waals surface area contributed by atoms with E-state index in [1.165, 1.54) is 70.6 Å². The Hall–Kier alpha value is -1.87. The third-order valence-electron chi connectivity index (χ3n) is 6.68. The monoisotopic (exact) mass is 509 g/mol. The smallest absolute Gasteiger partial charge is 0.234 e. The normalized spacial score (nSPS) is 14.2. The minimum atomic E-state index is -0.287. The quantitative estimate of drug-likeness (QED) is 0.117. The third kappa shape index (κ3) is 18.4. The Balaban J connectivity index is 1.77. The number of hydrogen-bond acceptors (Lipinski definition) is 7. The number of carbonyl (C=O) groups is 2. The number of nitrogens with zero attached hydrogens (tertiary/aromatic N) is 2. The number of carbonyl (C=O) groups excluding carboxylic acids is 2. The average molecular weight is 510 g/mol. The summed E-state index contributed by atoms with van der Waals surface area (Å²) >= 11 is 0. The fraction of sp³-hybridized carbons (Fsp3) is 0.889. The van der Waals surface area contributed by atoms with Gasteiger partial charge in [-0.05, 0) is 45.1 Å². The van der Waals surface area contributed by atoms with Crippen molar-refractivity contribution in [3.63, 3.8) is 0 Å². The van der Waals surface area contributed by atoms with E-state index in [0.29, 0.717) is 13.0 Å². The minimum Gasteiger partial charge on any atom is -0.368 e. The van der Waals surface area contributed by atoms with Crippen LogP contribution in [0.15, 0.2) is 5.10 Å². The van der Waals surface area contributed by atoms with Gasteiger partial charge in [0.2, 0.25) is 11.8 Å². The van der Waals surface area contributed by atoms with E-state index in [1.54, 1.807) is 5.12 Å². The molecule has 1 atom stereocenters. The summed E-state index contributed by atoms with van der Waals surface area (Å²) in [6.07, 6.45) is 21.7. The van der Waals surface area contributed by atoms with Gasteiger partial charge in [0.05, 0.1) is 6.04 Å². The molecular weight excluding hydrogens is 454 g/mol. The molecule has 1 heterocycles. The maximum absolute atomic E-state index is 12.0. The van der Waals surface area contributed by atoms with Crippen LogP contribution in [0, 0.1) is 0 Å². The van der Waals surface area contributed by atoms with E-state index in [4.69, 9.17) is 5.73 Å². The molecule has 0 radical (unpaired) electrons. The van der Waals surface area contributed by atoms with Crippen LogP contribution in [0.5, 0.6) is 0 Å². The van der Waals surface area contributed by atoms with Crippen molar-refractivity contribution < 1.29 is 9.59 Å². The molecule has 0 bridgehead atoms. The summed E-state index contributed by atoms with van der Waals surface area (Å²) in [6, 6.07) is -0.252. The van der Waals surface area contributed by atoms with Crippen molar-refractivity contribution in [1.82, 2.24) is 26.7 Å². The van der Waals surface area contributed by atoms with Crippen LogP contribution < -0.4 is 27.3 Å². The number of hydrogen-bond donors (Lipinski definition) is 5. The van der Waals surface area contributed by atoms with Crippen LogP contribution in [0.1, 0.15) is 129 Å². The van der Waals surface area contributed by atoms with Crippen molar-refractivity contribution in [3.8, 4) is 0 Å². The van der Waals surface area contributed by atoms with Gasteiger partial charge in [-0.2, -0.15) is 0 Å². The lowest BCUT2D eigenvalue weighted by molar-refractivity contribution is -0.121. The molecule has 2 amide bonds. The zero-order valence-corrected chi connectivity index (χ0v) is 23.2. The lowest BCUT2D eigenvalue weighted by Crippen LogP contribution is -2.41. The molecule has 9 nitrogen and oxygen atoms in total. The highest BCUT2D eigenvalue weighted by Gasteiger charge is 2.13. The number of nitrogens with one attached hydrogen (secondary N) is 4. The molecule has 1 rings (SSSR count). The van der Waals surface area contributed by atoms with E-state index in [1.807, 2.05) is 7.05 Å². The van der Waals surface area contributed by atoms with E-state index < -0.39 is 0 Å². The van der Waals surface area contributed by atoms with Crippen LogP contribution in [0.2, 0.25) is 0 Å². The van der Waals surface area contributed by atoms with E-state index in [-0.39, 0.29) is 17.9 Å². The molecule has 0 saturated carbocycles. The molecule has 0 aliphatic carbocycles.